The molecule has 2 nitrogen and oxygen atoms in total. The number of hydrogen-bond acceptors (Lipinski definition) is 1. The second kappa shape index (κ2) is 7.02. The smallest absolute Gasteiger partial charge is 0.227 e. The number of nitrogens with zero attached hydrogens (tertiary/aromatic N) is 1. The van der Waals surface area contributed by atoms with Crippen LogP contribution in [0.15, 0.2) is 48.5 Å². The van der Waals surface area contributed by atoms with Crippen LogP contribution in [0, 0.1) is 12.7 Å². The van der Waals surface area contributed by atoms with E-state index in [0.29, 0.717) is 19.5 Å². The van der Waals surface area contributed by atoms with Crippen LogP contribution in [-0.2, 0) is 17.8 Å². The fraction of sp³-hybridized carbons (Fsp3) is 0.278. The van der Waals surface area contributed by atoms with E-state index < -0.39 is 0 Å². The first-order valence-electron chi connectivity index (χ1n) is 7.16. The lowest BCUT2D eigenvalue weighted by Crippen LogP contribution is -2.31. The number of carbonyl (C=O) groups is 1. The summed E-state index contributed by atoms with van der Waals surface area (Å²) in [6.45, 7) is 5.01. The maximum atomic E-state index is 13.2. The third-order valence-corrected chi connectivity index (χ3v) is 3.47. The molecule has 0 bridgehead atoms. The van der Waals surface area contributed by atoms with Crippen LogP contribution in [0.4, 0.5) is 4.39 Å². The number of amides is 1. The molecule has 0 unspecified atom stereocenters. The molecule has 0 saturated carbocycles. The number of hydrogen-bond donors (Lipinski definition) is 0. The molecule has 0 aliphatic rings. The van der Waals surface area contributed by atoms with Gasteiger partial charge in [0, 0.05) is 13.1 Å². The van der Waals surface area contributed by atoms with Gasteiger partial charge in [-0.2, -0.15) is 0 Å². The first kappa shape index (κ1) is 15.2. The summed E-state index contributed by atoms with van der Waals surface area (Å²) in [6.07, 6.45) is 0.378. The van der Waals surface area contributed by atoms with Crippen LogP contribution in [0.2, 0.25) is 0 Å². The van der Waals surface area contributed by atoms with Gasteiger partial charge in [0.25, 0.3) is 0 Å². The van der Waals surface area contributed by atoms with Crippen LogP contribution >= 0.6 is 0 Å². The van der Waals surface area contributed by atoms with E-state index in [1.165, 1.54) is 17.7 Å². The highest BCUT2D eigenvalue weighted by Gasteiger charge is 2.13. The zero-order valence-corrected chi connectivity index (χ0v) is 12.5. The fourth-order valence-electron chi connectivity index (χ4n) is 2.22. The third-order valence-electron chi connectivity index (χ3n) is 3.47. The number of halogens is 1. The predicted octanol–water partition coefficient (Wildman–Crippen LogP) is 3.73. The molecular weight excluding hydrogens is 265 g/mol. The van der Waals surface area contributed by atoms with E-state index in [9.17, 15) is 9.18 Å². The summed E-state index contributed by atoms with van der Waals surface area (Å²) in [5, 5.41) is 0. The van der Waals surface area contributed by atoms with Crippen molar-refractivity contribution in [3.63, 3.8) is 0 Å². The Balaban J connectivity index is 2.03. The molecule has 21 heavy (non-hydrogen) atoms. The Labute approximate surface area is 125 Å². The van der Waals surface area contributed by atoms with E-state index in [2.05, 4.69) is 0 Å². The van der Waals surface area contributed by atoms with Crippen molar-refractivity contribution in [1.82, 2.24) is 4.90 Å². The molecule has 2 rings (SSSR count). The van der Waals surface area contributed by atoms with Crippen LogP contribution in [0.5, 0.6) is 0 Å². The van der Waals surface area contributed by atoms with Gasteiger partial charge >= 0.3 is 0 Å². The molecule has 110 valence electrons. The lowest BCUT2D eigenvalue weighted by molar-refractivity contribution is -0.130. The molecule has 0 fully saturated rings. The summed E-state index contributed by atoms with van der Waals surface area (Å²) in [4.78, 5) is 14.1. The van der Waals surface area contributed by atoms with Crippen molar-refractivity contribution in [3.8, 4) is 0 Å². The standard InChI is InChI=1S/C18H20FNO/c1-3-20(13-16-5-4-6-17(19)11-16)18(21)12-15-9-7-14(2)8-10-15/h4-11H,3,12-13H2,1-2H3. The van der Waals surface area contributed by atoms with Gasteiger partial charge in [-0.3, -0.25) is 4.79 Å². The second-order valence-electron chi connectivity index (χ2n) is 5.20. The molecule has 2 aromatic rings. The van der Waals surface area contributed by atoms with Gasteiger partial charge in [0.15, 0.2) is 0 Å². The molecule has 1 amide bonds. The number of likely N-dealkylation sites (N-methyl/N-ethyl adjacent to an activating group) is 1. The zero-order valence-electron chi connectivity index (χ0n) is 12.5. The highest BCUT2D eigenvalue weighted by atomic mass is 19.1. The molecule has 0 aromatic heterocycles. The maximum Gasteiger partial charge on any atom is 0.227 e. The Bertz CT molecular complexity index is 607. The van der Waals surface area contributed by atoms with Crippen molar-refractivity contribution in [2.24, 2.45) is 0 Å². The van der Waals surface area contributed by atoms with Crippen LogP contribution in [0.25, 0.3) is 0 Å². The number of benzene rings is 2. The summed E-state index contributed by atoms with van der Waals surface area (Å²) < 4.78 is 13.2. The molecule has 0 N–H and O–H groups in total. The van der Waals surface area contributed by atoms with Crippen molar-refractivity contribution < 1.29 is 9.18 Å². The van der Waals surface area contributed by atoms with Crippen molar-refractivity contribution in [2.75, 3.05) is 6.54 Å². The Morgan fingerprint density at radius 2 is 1.81 bits per heavy atom. The normalized spacial score (nSPS) is 10.4. The molecule has 3 heteroatoms. The largest absolute Gasteiger partial charge is 0.338 e. The van der Waals surface area contributed by atoms with Crippen molar-refractivity contribution in [3.05, 3.63) is 71.0 Å². The SMILES string of the molecule is CCN(Cc1cccc(F)c1)C(=O)Cc1ccc(C)cc1. The topological polar surface area (TPSA) is 20.3 Å². The van der Waals surface area contributed by atoms with E-state index in [-0.39, 0.29) is 11.7 Å². The van der Waals surface area contributed by atoms with Gasteiger partial charge in [-0.1, -0.05) is 42.0 Å². The fourth-order valence-corrected chi connectivity index (χ4v) is 2.22. The summed E-state index contributed by atoms with van der Waals surface area (Å²) >= 11 is 0. The average molecular weight is 285 g/mol. The lowest BCUT2D eigenvalue weighted by Gasteiger charge is -2.21. The van der Waals surface area contributed by atoms with Crippen LogP contribution in [0.3, 0.4) is 0 Å². The van der Waals surface area contributed by atoms with Crippen LogP contribution in [0.1, 0.15) is 23.6 Å². The minimum atomic E-state index is -0.269. The molecule has 0 saturated heterocycles. The van der Waals surface area contributed by atoms with E-state index in [4.69, 9.17) is 0 Å². The first-order valence-corrected chi connectivity index (χ1v) is 7.16. The zero-order chi connectivity index (χ0) is 15.2. The van der Waals surface area contributed by atoms with E-state index in [1.807, 2.05) is 44.2 Å². The van der Waals surface area contributed by atoms with Gasteiger partial charge in [-0.25, -0.2) is 4.39 Å². The Morgan fingerprint density at radius 3 is 2.43 bits per heavy atom. The Hall–Kier alpha value is -2.16. The van der Waals surface area contributed by atoms with Crippen molar-refractivity contribution in [1.29, 1.82) is 0 Å². The van der Waals surface area contributed by atoms with E-state index >= 15 is 0 Å². The molecule has 0 radical (unpaired) electrons. The van der Waals surface area contributed by atoms with Gasteiger partial charge in [0.2, 0.25) is 5.91 Å². The van der Waals surface area contributed by atoms with Gasteiger partial charge < -0.3 is 4.90 Å². The Kier molecular flexibility index (Phi) is 5.09. The third kappa shape index (κ3) is 4.42. The minimum absolute atomic E-state index is 0.0608. The summed E-state index contributed by atoms with van der Waals surface area (Å²) in [6, 6.07) is 14.4. The van der Waals surface area contributed by atoms with Crippen LogP contribution in [-0.4, -0.2) is 17.4 Å². The molecule has 0 aliphatic heterocycles. The maximum absolute atomic E-state index is 13.2. The van der Waals surface area contributed by atoms with E-state index in [1.54, 1.807) is 11.0 Å². The summed E-state index contributed by atoms with van der Waals surface area (Å²) in [5.74, 6) is -0.208. The average Bonchev–Trinajstić information content (AvgIpc) is 2.47. The monoisotopic (exact) mass is 285 g/mol. The summed E-state index contributed by atoms with van der Waals surface area (Å²) in [7, 11) is 0. The highest BCUT2D eigenvalue weighted by molar-refractivity contribution is 5.78. The molecule has 0 atom stereocenters. The highest BCUT2D eigenvalue weighted by Crippen LogP contribution is 2.10. The minimum Gasteiger partial charge on any atom is -0.338 e. The summed E-state index contributed by atoms with van der Waals surface area (Å²) in [5.41, 5.74) is 3.00. The van der Waals surface area contributed by atoms with Crippen molar-refractivity contribution >= 4 is 5.91 Å². The lowest BCUT2D eigenvalue weighted by atomic mass is 10.1. The quantitative estimate of drug-likeness (QED) is 0.820. The molecule has 0 aliphatic carbocycles. The molecular formula is C18H20FNO. The van der Waals surface area contributed by atoms with Crippen LogP contribution < -0.4 is 0 Å². The number of rotatable bonds is 5. The second-order valence-corrected chi connectivity index (χ2v) is 5.20. The van der Waals surface area contributed by atoms with Gasteiger partial charge in [-0.15, -0.1) is 0 Å². The predicted molar refractivity (Wildman–Crippen MR) is 82.4 cm³/mol. The van der Waals surface area contributed by atoms with Gasteiger partial charge in [0.05, 0.1) is 6.42 Å². The van der Waals surface area contributed by atoms with Gasteiger partial charge in [0.1, 0.15) is 5.82 Å². The molecule has 2 aromatic carbocycles. The van der Waals surface area contributed by atoms with E-state index in [0.717, 1.165) is 11.1 Å². The molecule has 0 spiro atoms. The number of carbonyl (C=O) groups excluding carboxylic acids is 1. The Morgan fingerprint density at radius 1 is 1.10 bits per heavy atom. The van der Waals surface area contributed by atoms with Gasteiger partial charge in [-0.05, 0) is 37.1 Å². The van der Waals surface area contributed by atoms with Crippen molar-refractivity contribution in [2.45, 2.75) is 26.8 Å². The number of aryl methyl sites for hydroxylation is 1. The molecule has 0 heterocycles. The first-order chi connectivity index (χ1) is 10.1.